The fourth-order valence-corrected chi connectivity index (χ4v) is 6.51. The second-order valence-corrected chi connectivity index (χ2v) is 14.6. The van der Waals surface area contributed by atoms with Crippen LogP contribution in [0.2, 0.25) is 0 Å². The van der Waals surface area contributed by atoms with Gasteiger partial charge in [-0.1, -0.05) is 73.3 Å². The van der Waals surface area contributed by atoms with Crippen LogP contribution in [0.25, 0.3) is 11.2 Å². The van der Waals surface area contributed by atoms with Crippen LogP contribution in [-0.2, 0) is 34.4 Å². The second kappa shape index (κ2) is 27.8. The first-order valence-electron chi connectivity index (χ1n) is 17.4. The molecule has 1 radical (unpaired) electrons. The molecule has 0 aliphatic rings. The number of benzene rings is 3. The average Bonchev–Trinajstić information content (AvgIpc) is 3.24. The number of carboxylic acid groups (broad SMARTS) is 1. The van der Waals surface area contributed by atoms with Crippen molar-refractivity contribution in [2.75, 3.05) is 46.7 Å². The number of rotatable bonds is 19. The molecule has 0 bridgehead atoms. The molecule has 56 heavy (non-hydrogen) atoms. The summed E-state index contributed by atoms with van der Waals surface area (Å²) in [4.78, 5) is 38.2. The molecular formula is C40H51N6O8PTc. The number of pyridine rings is 1. The Morgan fingerprint density at radius 2 is 1.39 bits per heavy atom. The van der Waals surface area contributed by atoms with E-state index in [-0.39, 0.29) is 31.5 Å². The van der Waals surface area contributed by atoms with Gasteiger partial charge in [0.15, 0.2) is 0 Å². The van der Waals surface area contributed by atoms with Gasteiger partial charge in [0, 0.05) is 38.5 Å². The summed E-state index contributed by atoms with van der Waals surface area (Å²) in [6.45, 7) is 5.08. The van der Waals surface area contributed by atoms with Gasteiger partial charge in [0.25, 0.3) is 5.91 Å². The third kappa shape index (κ3) is 17.8. The minimum atomic E-state index is -1.31. The van der Waals surface area contributed by atoms with E-state index in [2.05, 4.69) is 100.0 Å². The molecule has 4 aromatic rings. The minimum Gasteiger partial charge on any atom is -0.705 e. The van der Waals surface area contributed by atoms with Gasteiger partial charge in [-0.2, -0.15) is 0 Å². The van der Waals surface area contributed by atoms with E-state index >= 15 is 0 Å². The molecule has 1 aromatic heterocycles. The fraction of sp³-hybridized carbons (Fsp3) is 0.300. The third-order valence-corrected chi connectivity index (χ3v) is 10.6. The number of aliphatic hydroxyl groups is 3. The van der Waals surface area contributed by atoms with Gasteiger partial charge < -0.3 is 46.4 Å². The van der Waals surface area contributed by atoms with Crippen LogP contribution in [0.1, 0.15) is 35.2 Å². The number of nitrogens with zero attached hydrogens (tertiary/aromatic N) is 3. The molecule has 301 valence electrons. The number of amides is 1. The molecule has 16 heteroatoms. The van der Waals surface area contributed by atoms with Crippen molar-refractivity contribution in [2.24, 2.45) is 5.11 Å². The summed E-state index contributed by atoms with van der Waals surface area (Å²) in [7, 11) is 0.739. The molecular weight excluding hydrogens is 821 g/mol. The number of carbonyl (C=O) groups is 3. The molecule has 0 aliphatic carbocycles. The molecule has 0 aliphatic heterocycles. The minimum absolute atomic E-state index is 0. The maximum Gasteiger partial charge on any atom is 0.328 e. The number of esters is 1. The van der Waals surface area contributed by atoms with Crippen molar-refractivity contribution in [3.8, 4) is 0 Å². The van der Waals surface area contributed by atoms with Crippen LogP contribution in [0.15, 0.2) is 121 Å². The molecule has 1 amide bonds. The topological polar surface area (TPSA) is 225 Å². The van der Waals surface area contributed by atoms with Crippen LogP contribution >= 0.6 is 7.92 Å². The first-order chi connectivity index (χ1) is 26.5. The number of hydrogen-bond acceptors (Lipinski definition) is 11. The van der Waals surface area contributed by atoms with Crippen molar-refractivity contribution < 1.29 is 59.7 Å². The van der Waals surface area contributed by atoms with Gasteiger partial charge in [-0.15, -0.1) is 0 Å². The second-order valence-electron chi connectivity index (χ2n) is 12.2. The van der Waals surface area contributed by atoms with Crippen molar-refractivity contribution in [3.05, 3.63) is 133 Å². The smallest absolute Gasteiger partial charge is 0.328 e. The zero-order chi connectivity index (χ0) is 40.5. The first-order valence-corrected chi connectivity index (χ1v) is 19.4. The van der Waals surface area contributed by atoms with Crippen molar-refractivity contribution in [3.63, 3.8) is 0 Å². The third-order valence-electron chi connectivity index (χ3n) is 8.22. The summed E-state index contributed by atoms with van der Waals surface area (Å²) < 4.78 is 4.79. The largest absolute Gasteiger partial charge is 0.705 e. The normalized spacial score (nSPS) is 10.9. The molecule has 3 aromatic carbocycles. The summed E-state index contributed by atoms with van der Waals surface area (Å²) in [5.74, 6) is -1.98. The Morgan fingerprint density at radius 1 is 0.857 bits per heavy atom. The Balaban J connectivity index is 0.000000481. The predicted octanol–water partition coefficient (Wildman–Crippen LogP) is 3.29. The number of hydrogen-bond donors (Lipinski definition) is 7. The first kappa shape index (κ1) is 49.3. The van der Waals surface area contributed by atoms with Crippen molar-refractivity contribution >= 4 is 47.9 Å². The van der Waals surface area contributed by atoms with E-state index < -0.39 is 63.7 Å². The van der Waals surface area contributed by atoms with Gasteiger partial charge in [0.05, 0.1) is 69.8 Å². The van der Waals surface area contributed by atoms with Crippen LogP contribution in [0, 0.1) is 0 Å². The number of carboxylic acids is 1. The molecule has 1 heterocycles. The molecule has 0 saturated heterocycles. The monoisotopic (exact) mass is 871 g/mol. The zero-order valence-corrected chi connectivity index (χ0v) is 34.3. The molecule has 4 rings (SSSR count). The summed E-state index contributed by atoms with van der Waals surface area (Å²) in [6.07, 6.45) is 3.21. The number of aliphatic carboxylic acids is 1. The summed E-state index contributed by atoms with van der Waals surface area (Å²) >= 11 is 0. The van der Waals surface area contributed by atoms with Gasteiger partial charge in [-0.25, -0.2) is 9.78 Å². The Hall–Kier alpha value is -4.72. The molecule has 0 spiro atoms. The van der Waals surface area contributed by atoms with E-state index in [4.69, 9.17) is 30.7 Å². The number of methoxy groups -OCH3 is 1. The molecule has 1 unspecified atom stereocenters. The maximum atomic E-state index is 12.3. The number of unbranched alkanes of at least 4 members (excludes halogenated alkanes) is 1. The van der Waals surface area contributed by atoms with Crippen molar-refractivity contribution in [1.29, 1.82) is 0 Å². The predicted molar refractivity (Wildman–Crippen MR) is 216 cm³/mol. The molecule has 1 atom stereocenters. The molecule has 14 nitrogen and oxygen atoms in total. The van der Waals surface area contributed by atoms with E-state index in [1.807, 2.05) is 30.3 Å². The van der Waals surface area contributed by atoms with E-state index in [1.54, 1.807) is 0 Å². The average molecular weight is 873 g/mol. The Morgan fingerprint density at radius 3 is 1.84 bits per heavy atom. The number of carbonyl (C=O) groups excluding carboxylic acids is 2. The SMILES string of the molecule is C=C(NCCCCC(NC(=O)c1ccc(N=[N-])nc1)C(=O)OC)c1ccccc1.C[PH+](c1ccccc1)c1ccccc1.O=C(O)CNC(CO)(CO)CO.[Tc]. The zero-order valence-electron chi connectivity index (χ0n) is 31.5. The Kier molecular flexibility index (Phi) is 24.5. The van der Waals surface area contributed by atoms with Gasteiger partial charge in [0.2, 0.25) is 0 Å². The molecule has 0 saturated carbocycles. The molecule has 7 N–H and O–H groups in total. The fourth-order valence-electron chi connectivity index (χ4n) is 4.79. The van der Waals surface area contributed by atoms with E-state index in [0.29, 0.717) is 19.4 Å². The van der Waals surface area contributed by atoms with Crippen LogP contribution < -0.4 is 26.6 Å². The van der Waals surface area contributed by atoms with Gasteiger partial charge >= 0.3 is 11.9 Å². The quantitative estimate of drug-likeness (QED) is 0.0313. The van der Waals surface area contributed by atoms with Gasteiger partial charge in [-0.05, 0) is 61.2 Å². The van der Waals surface area contributed by atoms with Gasteiger partial charge in [0.1, 0.15) is 11.9 Å². The van der Waals surface area contributed by atoms with Crippen molar-refractivity contribution in [1.82, 2.24) is 20.9 Å². The summed E-state index contributed by atoms with van der Waals surface area (Å²) in [6, 6.07) is 33.4. The van der Waals surface area contributed by atoms with Crippen LogP contribution in [0.4, 0.5) is 5.82 Å². The number of aliphatic hydroxyl groups excluding tert-OH is 3. The van der Waals surface area contributed by atoms with E-state index in [0.717, 1.165) is 17.7 Å². The van der Waals surface area contributed by atoms with Crippen LogP contribution in [0.3, 0.4) is 0 Å². The Bertz CT molecular complexity index is 1690. The standard InChI is InChI=1S/C21H24N5O3.C13H13P.C6H13NO5.Tc/c1-15(16-8-4-3-5-9-16)23-13-7-6-10-18(21(28)29-2)25-20(27)17-11-12-19(26-22)24-14-17;1-14(12-8-4-2-5-9-12)13-10-6-3-7-11-13;8-2-6(3-9,4-10)7-1-5(11)12;/h3-5,8-9,11-12,14,18,23H,1,6-7,10,13H2,2H3,(H,25,27);2-11H,1H3;7-10H,1-4H2,(H,11,12);/q-1;;;/p+1. The summed E-state index contributed by atoms with van der Waals surface area (Å²) in [5, 5.41) is 48.5. The molecule has 0 fully saturated rings. The van der Waals surface area contributed by atoms with Crippen LogP contribution in [0.5, 0.6) is 0 Å². The number of nitrogens with one attached hydrogen (secondary N) is 3. The van der Waals surface area contributed by atoms with Crippen molar-refractivity contribution in [2.45, 2.75) is 30.8 Å². The maximum absolute atomic E-state index is 12.3. The number of ether oxygens (including phenoxy) is 1. The Labute approximate surface area is 342 Å². The number of aromatic nitrogens is 1. The van der Waals surface area contributed by atoms with E-state index in [1.165, 1.54) is 36.0 Å². The van der Waals surface area contributed by atoms with E-state index in [9.17, 15) is 14.4 Å². The van der Waals surface area contributed by atoms with Crippen LogP contribution in [-0.4, -0.2) is 102 Å². The van der Waals surface area contributed by atoms with Gasteiger partial charge in [-0.3, -0.25) is 14.9 Å². The summed E-state index contributed by atoms with van der Waals surface area (Å²) in [5.41, 5.74) is 9.47.